The molecule has 1 saturated heterocycles. The number of hydrogen-bond acceptors (Lipinski definition) is 5. The molecular formula is C20H18N2O4S. The van der Waals surface area contributed by atoms with Crippen molar-refractivity contribution in [1.82, 2.24) is 0 Å². The van der Waals surface area contributed by atoms with E-state index in [-0.39, 0.29) is 11.8 Å². The number of carbonyl (C=O) groups excluding carboxylic acids is 3. The van der Waals surface area contributed by atoms with E-state index < -0.39 is 16.0 Å². The van der Waals surface area contributed by atoms with Crippen LogP contribution in [-0.2, 0) is 19.3 Å². The summed E-state index contributed by atoms with van der Waals surface area (Å²) in [6, 6.07) is 14.2. The lowest BCUT2D eigenvalue weighted by molar-refractivity contribution is -0.128. The van der Waals surface area contributed by atoms with Crippen LogP contribution in [0.25, 0.3) is 0 Å². The maximum absolute atomic E-state index is 13.5. The largest absolute Gasteiger partial charge is 0.497 e. The molecule has 27 heavy (non-hydrogen) atoms. The highest BCUT2D eigenvalue weighted by molar-refractivity contribution is 8.03. The van der Waals surface area contributed by atoms with Crippen molar-refractivity contribution in [2.24, 2.45) is 0 Å². The minimum Gasteiger partial charge on any atom is -0.497 e. The highest BCUT2D eigenvalue weighted by Gasteiger charge is 2.63. The first-order chi connectivity index (χ1) is 12.9. The first-order valence-electron chi connectivity index (χ1n) is 8.52. The highest BCUT2D eigenvalue weighted by Crippen LogP contribution is 2.57. The quantitative estimate of drug-likeness (QED) is 0.799. The predicted molar refractivity (Wildman–Crippen MR) is 104 cm³/mol. The summed E-state index contributed by atoms with van der Waals surface area (Å²) in [5, 5.41) is -0.420. The molecule has 2 aromatic rings. The molecule has 1 spiro atoms. The molecule has 0 radical (unpaired) electrons. The summed E-state index contributed by atoms with van der Waals surface area (Å²) < 4.78 is 5.19. The summed E-state index contributed by atoms with van der Waals surface area (Å²) in [5.41, 5.74) is 1.78. The molecular weight excluding hydrogens is 364 g/mol. The lowest BCUT2D eigenvalue weighted by Gasteiger charge is -2.32. The zero-order valence-electron chi connectivity index (χ0n) is 15.1. The van der Waals surface area contributed by atoms with Gasteiger partial charge in [0.15, 0.2) is 0 Å². The molecule has 138 valence electrons. The molecule has 2 aromatic carbocycles. The maximum atomic E-state index is 13.5. The summed E-state index contributed by atoms with van der Waals surface area (Å²) >= 11 is 1.27. The van der Waals surface area contributed by atoms with Crippen molar-refractivity contribution in [3.63, 3.8) is 0 Å². The van der Waals surface area contributed by atoms with Crippen molar-refractivity contribution < 1.29 is 19.1 Å². The van der Waals surface area contributed by atoms with Gasteiger partial charge in [-0.1, -0.05) is 18.2 Å². The summed E-state index contributed by atoms with van der Waals surface area (Å²) in [6.45, 7) is 3.14. The molecule has 0 aliphatic carbocycles. The molecule has 0 aromatic heterocycles. The molecule has 0 N–H and O–H groups in total. The number of rotatable bonds is 2. The predicted octanol–water partition coefficient (Wildman–Crippen LogP) is 2.91. The average molecular weight is 382 g/mol. The number of hydrogen-bond donors (Lipinski definition) is 0. The van der Waals surface area contributed by atoms with E-state index >= 15 is 0 Å². The highest BCUT2D eigenvalue weighted by atomic mass is 32.2. The molecule has 2 aliphatic heterocycles. The minimum absolute atomic E-state index is 0.168. The van der Waals surface area contributed by atoms with E-state index in [1.54, 1.807) is 50.4 Å². The molecule has 1 fully saturated rings. The zero-order valence-corrected chi connectivity index (χ0v) is 15.9. The Bertz CT molecular complexity index is 959. The second-order valence-corrected chi connectivity index (χ2v) is 7.99. The Labute approximate surface area is 161 Å². The van der Waals surface area contributed by atoms with Crippen molar-refractivity contribution in [2.75, 3.05) is 16.9 Å². The number of thioether (sulfide) groups is 1. The second kappa shape index (κ2) is 6.13. The molecule has 7 heteroatoms. The zero-order chi connectivity index (χ0) is 19.3. The van der Waals surface area contributed by atoms with E-state index in [0.29, 0.717) is 22.7 Å². The number of anilines is 2. The fourth-order valence-corrected chi connectivity index (χ4v) is 5.22. The number of benzene rings is 2. The van der Waals surface area contributed by atoms with Crippen LogP contribution in [0.15, 0.2) is 48.5 Å². The van der Waals surface area contributed by atoms with Gasteiger partial charge >= 0.3 is 0 Å². The number of fused-ring (bicyclic) bond motifs is 2. The molecule has 0 bridgehead atoms. The SMILES string of the molecule is COc1ccc(N2C(=O)[C@@H](C)S[C@@]23C(=O)N(C(C)=O)c2ccccc23)cc1. The number of methoxy groups -OCH3 is 1. The van der Waals surface area contributed by atoms with Crippen molar-refractivity contribution >= 4 is 40.9 Å². The van der Waals surface area contributed by atoms with Gasteiger partial charge in [-0.15, -0.1) is 11.8 Å². The van der Waals surface area contributed by atoms with Gasteiger partial charge in [-0.25, -0.2) is 4.90 Å². The van der Waals surface area contributed by atoms with Crippen molar-refractivity contribution in [2.45, 2.75) is 24.0 Å². The van der Waals surface area contributed by atoms with E-state index in [2.05, 4.69) is 0 Å². The van der Waals surface area contributed by atoms with Crippen molar-refractivity contribution in [1.29, 1.82) is 0 Å². The van der Waals surface area contributed by atoms with Crippen LogP contribution in [0, 0.1) is 0 Å². The van der Waals surface area contributed by atoms with Gasteiger partial charge in [-0.3, -0.25) is 19.3 Å². The molecule has 6 nitrogen and oxygen atoms in total. The van der Waals surface area contributed by atoms with Gasteiger partial charge in [0.25, 0.3) is 5.91 Å². The standard InChI is InChI=1S/C20H18N2O4S/c1-12-18(24)22(14-8-10-15(26-3)11-9-14)20(27-12)16-6-4-5-7-17(16)21(13(2)23)19(20)25/h4-12H,1-3H3/t12-,20+/m1/s1. The summed E-state index contributed by atoms with van der Waals surface area (Å²) in [7, 11) is 1.57. The molecule has 0 saturated carbocycles. The third-order valence-electron chi connectivity index (χ3n) is 4.88. The molecule has 3 amide bonds. The van der Waals surface area contributed by atoms with Gasteiger partial charge in [0.05, 0.1) is 18.0 Å². The number of nitrogens with zero attached hydrogens (tertiary/aromatic N) is 2. The Morgan fingerprint density at radius 1 is 1.11 bits per heavy atom. The lowest BCUT2D eigenvalue weighted by atomic mass is 10.0. The molecule has 0 unspecified atom stereocenters. The van der Waals surface area contributed by atoms with Gasteiger partial charge in [0, 0.05) is 18.2 Å². The van der Waals surface area contributed by atoms with Crippen LogP contribution in [0.5, 0.6) is 5.75 Å². The lowest BCUT2D eigenvalue weighted by Crippen LogP contribution is -2.50. The van der Waals surface area contributed by atoms with Crippen LogP contribution in [0.4, 0.5) is 11.4 Å². The van der Waals surface area contributed by atoms with E-state index in [0.717, 1.165) is 0 Å². The first-order valence-corrected chi connectivity index (χ1v) is 9.40. The maximum Gasteiger partial charge on any atom is 0.275 e. The Hall–Kier alpha value is -2.80. The number of imide groups is 1. The van der Waals surface area contributed by atoms with Gasteiger partial charge in [0.1, 0.15) is 5.75 Å². The normalized spacial score (nSPS) is 23.9. The fraction of sp³-hybridized carbons (Fsp3) is 0.250. The Morgan fingerprint density at radius 2 is 1.78 bits per heavy atom. The smallest absolute Gasteiger partial charge is 0.275 e. The second-order valence-electron chi connectivity index (χ2n) is 6.45. The molecule has 2 atom stereocenters. The van der Waals surface area contributed by atoms with Crippen LogP contribution in [-0.4, -0.2) is 30.1 Å². The van der Waals surface area contributed by atoms with E-state index in [1.807, 2.05) is 12.1 Å². The van der Waals surface area contributed by atoms with Gasteiger partial charge in [0.2, 0.25) is 16.7 Å². The van der Waals surface area contributed by atoms with Crippen molar-refractivity contribution in [3.8, 4) is 5.75 Å². The van der Waals surface area contributed by atoms with Crippen LogP contribution in [0.1, 0.15) is 19.4 Å². The summed E-state index contributed by atoms with van der Waals surface area (Å²) in [5.74, 6) is -0.288. The van der Waals surface area contributed by atoms with E-state index in [1.165, 1.54) is 28.5 Å². The van der Waals surface area contributed by atoms with Crippen LogP contribution in [0.3, 0.4) is 0 Å². The summed E-state index contributed by atoms with van der Waals surface area (Å²) in [6.07, 6.45) is 0. The third-order valence-corrected chi connectivity index (χ3v) is 6.35. The first kappa shape index (κ1) is 17.6. The van der Waals surface area contributed by atoms with Crippen LogP contribution in [0.2, 0.25) is 0 Å². The third kappa shape index (κ3) is 2.31. The summed E-state index contributed by atoms with van der Waals surface area (Å²) in [4.78, 5) is 40.2. The molecule has 2 aliphatic rings. The van der Waals surface area contributed by atoms with Gasteiger partial charge < -0.3 is 4.74 Å². The Morgan fingerprint density at radius 3 is 2.41 bits per heavy atom. The fourth-order valence-electron chi connectivity index (χ4n) is 3.71. The van der Waals surface area contributed by atoms with Crippen LogP contribution >= 0.6 is 11.8 Å². The topological polar surface area (TPSA) is 66.9 Å². The average Bonchev–Trinajstić information content (AvgIpc) is 3.07. The molecule has 4 rings (SSSR count). The number of para-hydroxylation sites is 1. The number of ether oxygens (including phenoxy) is 1. The molecule has 2 heterocycles. The number of carbonyl (C=O) groups is 3. The van der Waals surface area contributed by atoms with E-state index in [4.69, 9.17) is 4.74 Å². The van der Waals surface area contributed by atoms with E-state index in [9.17, 15) is 14.4 Å². The van der Waals surface area contributed by atoms with Crippen molar-refractivity contribution in [3.05, 3.63) is 54.1 Å². The van der Waals surface area contributed by atoms with Gasteiger partial charge in [-0.05, 0) is 37.3 Å². The minimum atomic E-state index is -1.28. The Balaban J connectivity index is 1.95. The monoisotopic (exact) mass is 382 g/mol. The number of amides is 3. The van der Waals surface area contributed by atoms with Gasteiger partial charge in [-0.2, -0.15) is 0 Å². The van der Waals surface area contributed by atoms with Crippen LogP contribution < -0.4 is 14.5 Å². The Kier molecular flexibility index (Phi) is 3.99.